The molecule has 32 heavy (non-hydrogen) atoms. The zero-order valence-corrected chi connectivity index (χ0v) is 18.3. The molecule has 0 radical (unpaired) electrons. The zero-order valence-electron chi connectivity index (χ0n) is 18.3. The second-order valence-electron chi connectivity index (χ2n) is 10.3. The fraction of sp³-hybridized carbons (Fsp3) is 0.500. The normalized spacial score (nSPS) is 33.3. The van der Waals surface area contributed by atoms with Crippen molar-refractivity contribution >= 4 is 11.7 Å². The minimum absolute atomic E-state index is 0.0536. The predicted octanol–water partition coefficient (Wildman–Crippen LogP) is 3.39. The molecular formula is C26H31N3O3. The number of likely N-dealkylation sites (tertiary alicyclic amines) is 1. The topological polar surface area (TPSA) is 84.8 Å². The number of carbonyl (C=O) groups is 1. The highest BCUT2D eigenvalue weighted by atomic mass is 16.3. The largest absolute Gasteiger partial charge is 0.508 e. The van der Waals surface area contributed by atoms with Crippen molar-refractivity contribution in [1.29, 1.82) is 0 Å². The van der Waals surface area contributed by atoms with E-state index in [9.17, 15) is 15.0 Å². The van der Waals surface area contributed by atoms with Crippen LogP contribution in [0.4, 0.5) is 10.5 Å². The van der Waals surface area contributed by atoms with E-state index in [1.165, 1.54) is 18.4 Å². The molecule has 6 heteroatoms. The maximum atomic E-state index is 12.7. The summed E-state index contributed by atoms with van der Waals surface area (Å²) in [5.74, 6) is 1.01. The first-order valence-electron chi connectivity index (χ1n) is 11.9. The zero-order chi connectivity index (χ0) is 21.9. The first kappa shape index (κ1) is 20.1. The number of amides is 2. The number of hydrogen-bond acceptors (Lipinski definition) is 4. The number of aromatic hydroxyl groups is 1. The van der Waals surface area contributed by atoms with Gasteiger partial charge in [0.15, 0.2) is 0 Å². The van der Waals surface area contributed by atoms with Crippen molar-refractivity contribution in [1.82, 2.24) is 10.2 Å². The van der Waals surface area contributed by atoms with Crippen LogP contribution in [0.5, 0.6) is 5.75 Å². The molecule has 2 aromatic rings. The van der Waals surface area contributed by atoms with Crippen molar-refractivity contribution in [3.8, 4) is 5.75 Å². The Bertz CT molecular complexity index is 1040. The van der Waals surface area contributed by atoms with E-state index >= 15 is 0 Å². The van der Waals surface area contributed by atoms with Crippen LogP contribution in [-0.2, 0) is 11.8 Å². The number of para-hydroxylation sites is 1. The van der Waals surface area contributed by atoms with Gasteiger partial charge in [-0.2, -0.15) is 0 Å². The Labute approximate surface area is 188 Å². The van der Waals surface area contributed by atoms with Gasteiger partial charge in [-0.1, -0.05) is 24.3 Å². The molecule has 4 atom stereocenters. The van der Waals surface area contributed by atoms with Crippen LogP contribution in [0.15, 0.2) is 48.5 Å². The number of nitrogens with one attached hydrogen (secondary N) is 2. The fourth-order valence-electron chi connectivity index (χ4n) is 6.81. The van der Waals surface area contributed by atoms with Crippen LogP contribution in [0.2, 0.25) is 0 Å². The Morgan fingerprint density at radius 3 is 2.72 bits per heavy atom. The number of piperidine rings is 1. The number of anilines is 1. The van der Waals surface area contributed by atoms with Crippen LogP contribution < -0.4 is 10.6 Å². The maximum absolute atomic E-state index is 12.7. The number of carbonyl (C=O) groups excluding carboxylic acids is 1. The second kappa shape index (κ2) is 7.22. The highest BCUT2D eigenvalue weighted by Crippen LogP contribution is 2.60. The van der Waals surface area contributed by atoms with Gasteiger partial charge in [0.2, 0.25) is 0 Å². The standard InChI is InChI=1S/C26H31N3O3/c30-21-9-8-18-12-23-26(32)15-20(28-24(31)27-19-4-2-1-3-5-19)14-25(26,22(18)13-21)10-11-29(23)16-17-6-7-17/h1-5,8-9,13,17,20,23,30,32H,6-7,10-12,14-16H2,(H2,27,28,31)/t20-,23-,25-,26-/m1/s1. The first-order chi connectivity index (χ1) is 15.5. The molecule has 0 aromatic heterocycles. The number of phenolic OH excluding ortho intramolecular Hbond substituents is 1. The van der Waals surface area contributed by atoms with E-state index in [1.54, 1.807) is 6.07 Å². The Hall–Kier alpha value is -2.57. The Morgan fingerprint density at radius 1 is 1.12 bits per heavy atom. The molecule has 1 heterocycles. The van der Waals surface area contributed by atoms with Gasteiger partial charge in [0.1, 0.15) is 5.75 Å². The fourth-order valence-corrected chi connectivity index (χ4v) is 6.81. The van der Waals surface area contributed by atoms with E-state index in [0.29, 0.717) is 12.8 Å². The summed E-state index contributed by atoms with van der Waals surface area (Å²) in [6.45, 7) is 2.02. The SMILES string of the molecule is O=C(Nc1ccccc1)N[C@@H]1C[C@]23CCN(CC4CC4)[C@H](Cc4ccc(O)cc42)[C@]3(O)C1. The molecule has 6 rings (SSSR count). The van der Waals surface area contributed by atoms with E-state index in [0.717, 1.165) is 43.1 Å². The number of fused-ring (bicyclic) bond motifs is 1. The monoisotopic (exact) mass is 433 g/mol. The molecule has 1 aliphatic heterocycles. The van der Waals surface area contributed by atoms with Crippen molar-refractivity contribution in [2.24, 2.45) is 5.92 Å². The molecule has 168 valence electrons. The van der Waals surface area contributed by atoms with Crippen LogP contribution in [0.25, 0.3) is 0 Å². The quantitative estimate of drug-likeness (QED) is 0.596. The van der Waals surface area contributed by atoms with Gasteiger partial charge >= 0.3 is 6.03 Å². The van der Waals surface area contributed by atoms with Crippen LogP contribution in [0.1, 0.15) is 43.2 Å². The Kier molecular flexibility index (Phi) is 4.53. The molecule has 3 aliphatic carbocycles. The number of hydrogen-bond donors (Lipinski definition) is 4. The summed E-state index contributed by atoms with van der Waals surface area (Å²) in [6.07, 6.45) is 5.46. The van der Waals surface area contributed by atoms with E-state index in [2.05, 4.69) is 15.5 Å². The Balaban J connectivity index is 1.31. The summed E-state index contributed by atoms with van der Waals surface area (Å²) in [5, 5.41) is 28.6. The third-order valence-corrected chi connectivity index (χ3v) is 8.38. The van der Waals surface area contributed by atoms with Gasteiger partial charge in [-0.3, -0.25) is 4.90 Å². The minimum Gasteiger partial charge on any atom is -0.508 e. The van der Waals surface area contributed by atoms with Crippen molar-refractivity contribution in [3.63, 3.8) is 0 Å². The summed E-state index contributed by atoms with van der Waals surface area (Å²) in [4.78, 5) is 15.2. The molecule has 2 aromatic carbocycles. The van der Waals surface area contributed by atoms with Crippen LogP contribution in [0, 0.1) is 5.92 Å². The van der Waals surface area contributed by atoms with Gasteiger partial charge in [-0.05, 0) is 86.4 Å². The molecular weight excluding hydrogens is 402 g/mol. The summed E-state index contributed by atoms with van der Waals surface area (Å²) in [6, 6.07) is 14.8. The van der Waals surface area contributed by atoms with Gasteiger partial charge in [-0.15, -0.1) is 0 Å². The van der Waals surface area contributed by atoms with Crippen LogP contribution >= 0.6 is 0 Å². The van der Waals surface area contributed by atoms with E-state index < -0.39 is 11.0 Å². The van der Waals surface area contributed by atoms with Crippen LogP contribution in [-0.4, -0.2) is 51.9 Å². The summed E-state index contributed by atoms with van der Waals surface area (Å²) in [5.41, 5.74) is 1.71. The third-order valence-electron chi connectivity index (χ3n) is 8.38. The summed E-state index contributed by atoms with van der Waals surface area (Å²) < 4.78 is 0. The van der Waals surface area contributed by atoms with Crippen molar-refractivity contribution < 1.29 is 15.0 Å². The number of benzene rings is 2. The molecule has 2 amide bonds. The lowest BCUT2D eigenvalue weighted by atomic mass is 9.56. The molecule has 1 saturated heterocycles. The van der Waals surface area contributed by atoms with Crippen molar-refractivity contribution in [3.05, 3.63) is 59.7 Å². The Morgan fingerprint density at radius 2 is 1.94 bits per heavy atom. The van der Waals surface area contributed by atoms with Crippen molar-refractivity contribution in [2.75, 3.05) is 18.4 Å². The van der Waals surface area contributed by atoms with Crippen molar-refractivity contribution in [2.45, 2.75) is 61.6 Å². The van der Waals surface area contributed by atoms with Crippen LogP contribution in [0.3, 0.4) is 0 Å². The number of aliphatic hydroxyl groups is 1. The molecule has 0 unspecified atom stereocenters. The van der Waals surface area contributed by atoms with E-state index in [1.807, 2.05) is 42.5 Å². The highest BCUT2D eigenvalue weighted by molar-refractivity contribution is 5.89. The minimum atomic E-state index is -0.911. The summed E-state index contributed by atoms with van der Waals surface area (Å²) in [7, 11) is 0. The molecule has 0 spiro atoms. The lowest BCUT2D eigenvalue weighted by Crippen LogP contribution is -2.69. The predicted molar refractivity (Wildman–Crippen MR) is 123 cm³/mol. The summed E-state index contributed by atoms with van der Waals surface area (Å²) >= 11 is 0. The third kappa shape index (κ3) is 3.11. The molecule has 2 saturated carbocycles. The molecule has 3 fully saturated rings. The average molecular weight is 434 g/mol. The van der Waals surface area contributed by atoms with Gasteiger partial charge in [0, 0.05) is 29.7 Å². The van der Waals surface area contributed by atoms with E-state index in [4.69, 9.17) is 0 Å². The molecule has 4 N–H and O–H groups in total. The molecule has 2 bridgehead atoms. The molecule has 4 aliphatic rings. The molecule has 6 nitrogen and oxygen atoms in total. The van der Waals surface area contributed by atoms with Gasteiger partial charge < -0.3 is 20.8 Å². The number of rotatable bonds is 4. The lowest BCUT2D eigenvalue weighted by Gasteiger charge is -2.59. The smallest absolute Gasteiger partial charge is 0.319 e. The number of nitrogens with zero attached hydrogens (tertiary/aromatic N) is 1. The maximum Gasteiger partial charge on any atom is 0.319 e. The lowest BCUT2D eigenvalue weighted by molar-refractivity contribution is -0.131. The van der Waals surface area contributed by atoms with Gasteiger partial charge in [0.05, 0.1) is 5.60 Å². The number of urea groups is 1. The van der Waals surface area contributed by atoms with E-state index in [-0.39, 0.29) is 23.9 Å². The van der Waals surface area contributed by atoms with Gasteiger partial charge in [-0.25, -0.2) is 4.79 Å². The number of phenols is 1. The first-order valence-corrected chi connectivity index (χ1v) is 11.9. The second-order valence-corrected chi connectivity index (χ2v) is 10.3. The highest BCUT2D eigenvalue weighted by Gasteiger charge is 2.67. The average Bonchev–Trinajstić information content (AvgIpc) is 3.52. The van der Waals surface area contributed by atoms with Gasteiger partial charge in [0.25, 0.3) is 0 Å².